The number of aryl methyl sites for hydroxylation is 3. The lowest BCUT2D eigenvalue weighted by molar-refractivity contribution is -0.137. The van der Waals surface area contributed by atoms with Crippen LogP contribution in [0.3, 0.4) is 0 Å². The Kier molecular flexibility index (Phi) is 6.57. The molecule has 3 aromatic rings. The first kappa shape index (κ1) is 22.7. The molecule has 1 N–H and O–H groups in total. The zero-order valence-corrected chi connectivity index (χ0v) is 19.4. The monoisotopic (exact) mass is 450 g/mol. The van der Waals surface area contributed by atoms with Crippen molar-refractivity contribution in [1.82, 2.24) is 24.5 Å². The van der Waals surface area contributed by atoms with Crippen LogP contribution < -0.4 is 10.5 Å². The maximum atomic E-state index is 12.5. The summed E-state index contributed by atoms with van der Waals surface area (Å²) in [6, 6.07) is 7.44. The lowest BCUT2D eigenvalue weighted by Crippen LogP contribution is -2.22. The Bertz CT molecular complexity index is 1220. The molecule has 1 unspecified atom stereocenters. The third kappa shape index (κ3) is 4.97. The number of anilines is 1. The smallest absolute Gasteiger partial charge is 0.303 e. The average Bonchev–Trinajstić information content (AvgIpc) is 3.37. The molecule has 1 atom stereocenters. The summed E-state index contributed by atoms with van der Waals surface area (Å²) in [6.45, 7) is 5.98. The van der Waals surface area contributed by atoms with E-state index in [9.17, 15) is 9.59 Å². The molecule has 0 aromatic carbocycles. The van der Waals surface area contributed by atoms with Crippen molar-refractivity contribution in [3.8, 4) is 11.4 Å². The lowest BCUT2D eigenvalue weighted by atomic mass is 10.1. The minimum atomic E-state index is -0.749. The molecule has 1 aliphatic heterocycles. The van der Waals surface area contributed by atoms with E-state index in [1.807, 2.05) is 38.4 Å². The fourth-order valence-corrected chi connectivity index (χ4v) is 4.54. The number of aliphatic carboxylic acids is 1. The van der Waals surface area contributed by atoms with Crippen molar-refractivity contribution in [3.63, 3.8) is 0 Å². The minimum absolute atomic E-state index is 0.0635. The van der Waals surface area contributed by atoms with Gasteiger partial charge in [0.15, 0.2) is 0 Å². The molecule has 9 nitrogen and oxygen atoms in total. The molecule has 0 amide bonds. The molecule has 9 heteroatoms. The highest BCUT2D eigenvalue weighted by Gasteiger charge is 2.26. The number of nitrogens with zero attached hydrogens (tertiary/aromatic N) is 6. The van der Waals surface area contributed by atoms with Crippen LogP contribution in [0.4, 0.5) is 5.69 Å². The van der Waals surface area contributed by atoms with Crippen LogP contribution in [0.1, 0.15) is 43.1 Å². The van der Waals surface area contributed by atoms with E-state index in [1.165, 1.54) is 0 Å². The van der Waals surface area contributed by atoms with Crippen LogP contribution in [0.5, 0.6) is 0 Å². The second-order valence-corrected chi connectivity index (χ2v) is 8.76. The predicted octanol–water partition coefficient (Wildman–Crippen LogP) is 2.65. The molecule has 0 saturated carbocycles. The zero-order chi connectivity index (χ0) is 23.5. The van der Waals surface area contributed by atoms with Gasteiger partial charge in [-0.3, -0.25) is 9.59 Å². The van der Waals surface area contributed by atoms with Gasteiger partial charge in [-0.1, -0.05) is 24.6 Å². The van der Waals surface area contributed by atoms with Crippen LogP contribution in [-0.2, 0) is 24.8 Å². The van der Waals surface area contributed by atoms with E-state index in [2.05, 4.69) is 22.1 Å². The van der Waals surface area contributed by atoms with Crippen molar-refractivity contribution in [1.29, 1.82) is 0 Å². The fraction of sp³-hybridized carbons (Fsp3) is 0.458. The molecular weight excluding hydrogens is 420 g/mol. The van der Waals surface area contributed by atoms with E-state index in [0.29, 0.717) is 17.9 Å². The van der Waals surface area contributed by atoms with Gasteiger partial charge in [-0.25, -0.2) is 9.67 Å². The number of carboxylic acids is 1. The topological polar surface area (TPSA) is 106 Å². The molecular formula is C24H30N6O3. The maximum Gasteiger partial charge on any atom is 0.303 e. The first-order valence-electron chi connectivity index (χ1n) is 11.4. The second kappa shape index (κ2) is 9.56. The normalized spacial score (nSPS) is 15.8. The van der Waals surface area contributed by atoms with Crippen LogP contribution in [0.25, 0.3) is 11.4 Å². The number of rotatable bonds is 8. The van der Waals surface area contributed by atoms with E-state index in [4.69, 9.17) is 10.1 Å². The summed E-state index contributed by atoms with van der Waals surface area (Å²) in [5.74, 6) is -0.587. The maximum absolute atomic E-state index is 12.5. The number of hydrogen-bond acceptors (Lipinski definition) is 6. The van der Waals surface area contributed by atoms with E-state index < -0.39 is 5.97 Å². The highest BCUT2D eigenvalue weighted by atomic mass is 16.4. The molecule has 0 bridgehead atoms. The first-order valence-corrected chi connectivity index (χ1v) is 11.4. The van der Waals surface area contributed by atoms with Crippen molar-refractivity contribution in [3.05, 3.63) is 57.8 Å². The molecule has 174 valence electrons. The molecule has 0 radical (unpaired) electrons. The molecule has 1 aliphatic rings. The summed E-state index contributed by atoms with van der Waals surface area (Å²) in [5.41, 5.74) is 5.12. The Morgan fingerprint density at radius 3 is 2.79 bits per heavy atom. The van der Waals surface area contributed by atoms with Gasteiger partial charge in [0.1, 0.15) is 5.69 Å². The van der Waals surface area contributed by atoms with Gasteiger partial charge in [0.2, 0.25) is 0 Å². The Hall–Kier alpha value is -3.49. The molecule has 1 saturated heterocycles. The summed E-state index contributed by atoms with van der Waals surface area (Å²) >= 11 is 0. The van der Waals surface area contributed by atoms with Crippen molar-refractivity contribution in [2.75, 3.05) is 18.0 Å². The summed E-state index contributed by atoms with van der Waals surface area (Å²) in [6.07, 6.45) is 4.91. The zero-order valence-electron chi connectivity index (χ0n) is 19.4. The number of aromatic nitrogens is 5. The van der Waals surface area contributed by atoms with Gasteiger partial charge in [0, 0.05) is 38.8 Å². The average molecular weight is 451 g/mol. The number of carboxylic acid groups (broad SMARTS) is 1. The highest BCUT2D eigenvalue weighted by molar-refractivity contribution is 5.67. The third-order valence-corrected chi connectivity index (χ3v) is 6.24. The standard InChI is InChI=1S/C24H30N6O3/c1-4-5-17-6-9-22(31)30(13-17)15-21-24(26-27-28(21)3)19-7-8-20(16(2)25-19)29-11-10-18(14-29)12-23(32)33/h6-9,13,18H,4-5,10-12,14-15H2,1-3H3,(H,32,33). The Morgan fingerprint density at radius 2 is 2.06 bits per heavy atom. The van der Waals surface area contributed by atoms with Crippen LogP contribution >= 0.6 is 0 Å². The number of carbonyl (C=O) groups is 1. The van der Waals surface area contributed by atoms with Gasteiger partial charge in [-0.2, -0.15) is 0 Å². The minimum Gasteiger partial charge on any atom is -0.481 e. The van der Waals surface area contributed by atoms with Crippen LogP contribution in [0.2, 0.25) is 0 Å². The number of pyridine rings is 2. The lowest BCUT2D eigenvalue weighted by Gasteiger charge is -2.20. The molecule has 33 heavy (non-hydrogen) atoms. The summed E-state index contributed by atoms with van der Waals surface area (Å²) in [5, 5.41) is 17.6. The van der Waals surface area contributed by atoms with E-state index in [1.54, 1.807) is 15.3 Å². The molecule has 0 aliphatic carbocycles. The fourth-order valence-electron chi connectivity index (χ4n) is 4.54. The van der Waals surface area contributed by atoms with Gasteiger partial charge in [0.25, 0.3) is 5.56 Å². The molecule has 0 spiro atoms. The second-order valence-electron chi connectivity index (χ2n) is 8.76. The van der Waals surface area contributed by atoms with Gasteiger partial charge in [-0.05, 0) is 43.4 Å². The highest BCUT2D eigenvalue weighted by Crippen LogP contribution is 2.30. The Labute approximate surface area is 192 Å². The SMILES string of the molecule is CCCc1ccc(=O)n(Cc2c(-c3ccc(N4CCC(CC(=O)O)C4)c(C)n3)nnn2C)c1. The molecule has 4 heterocycles. The van der Waals surface area contributed by atoms with Gasteiger partial charge < -0.3 is 14.6 Å². The van der Waals surface area contributed by atoms with Crippen molar-refractivity contribution < 1.29 is 9.90 Å². The van der Waals surface area contributed by atoms with Crippen LogP contribution in [0, 0.1) is 12.8 Å². The van der Waals surface area contributed by atoms with Gasteiger partial charge in [0.05, 0.1) is 29.3 Å². The van der Waals surface area contributed by atoms with Crippen molar-refractivity contribution in [2.24, 2.45) is 13.0 Å². The predicted molar refractivity (Wildman–Crippen MR) is 125 cm³/mol. The van der Waals surface area contributed by atoms with Crippen LogP contribution in [0.15, 0.2) is 35.3 Å². The third-order valence-electron chi connectivity index (χ3n) is 6.24. The van der Waals surface area contributed by atoms with Gasteiger partial charge >= 0.3 is 5.97 Å². The van der Waals surface area contributed by atoms with E-state index in [0.717, 1.165) is 55.0 Å². The summed E-state index contributed by atoms with van der Waals surface area (Å²) < 4.78 is 3.39. The Balaban J connectivity index is 1.59. The number of hydrogen-bond donors (Lipinski definition) is 1. The quantitative estimate of drug-likeness (QED) is 0.562. The van der Waals surface area contributed by atoms with E-state index in [-0.39, 0.29) is 17.9 Å². The van der Waals surface area contributed by atoms with Crippen molar-refractivity contribution >= 4 is 11.7 Å². The van der Waals surface area contributed by atoms with Crippen LogP contribution in [-0.4, -0.2) is 48.7 Å². The Morgan fingerprint density at radius 1 is 1.24 bits per heavy atom. The molecule has 3 aromatic heterocycles. The molecule has 4 rings (SSSR count). The summed E-state index contributed by atoms with van der Waals surface area (Å²) in [4.78, 5) is 30.5. The molecule has 1 fully saturated rings. The summed E-state index contributed by atoms with van der Waals surface area (Å²) in [7, 11) is 1.82. The van der Waals surface area contributed by atoms with Gasteiger partial charge in [-0.15, -0.1) is 5.10 Å². The van der Waals surface area contributed by atoms with E-state index >= 15 is 0 Å². The largest absolute Gasteiger partial charge is 0.481 e. The first-order chi connectivity index (χ1) is 15.9. The van der Waals surface area contributed by atoms with Crippen molar-refractivity contribution in [2.45, 2.75) is 46.1 Å².